The van der Waals surface area contributed by atoms with Crippen molar-refractivity contribution < 1.29 is 30.5 Å². The molecule has 0 radical (unpaired) electrons. The number of quaternary nitrogens is 2. The third kappa shape index (κ3) is 3.91. The van der Waals surface area contributed by atoms with Crippen LogP contribution in [0.4, 0.5) is 11.4 Å². The van der Waals surface area contributed by atoms with E-state index in [1.54, 1.807) is 0 Å². The molecule has 2 aromatic rings. The molecule has 0 saturated carbocycles. The van der Waals surface area contributed by atoms with Crippen molar-refractivity contribution in [1.82, 2.24) is 10.9 Å². The Balaban J connectivity index is 2.12. The van der Waals surface area contributed by atoms with Crippen LogP contribution in [-0.4, -0.2) is 22.2 Å². The Labute approximate surface area is 135 Å². The maximum Gasteiger partial charge on any atom is 0.275 e. The quantitative estimate of drug-likeness (QED) is 0.377. The summed E-state index contributed by atoms with van der Waals surface area (Å²) in [6.07, 6.45) is 0. The Bertz CT molecular complexity index is 686. The summed E-state index contributed by atoms with van der Waals surface area (Å²) in [7, 11) is 0. The molecule has 0 aliphatic rings. The van der Waals surface area contributed by atoms with E-state index < -0.39 is 22.3 Å². The van der Waals surface area contributed by atoms with Gasteiger partial charge in [-0.2, -0.15) is 10.5 Å². The van der Waals surface area contributed by atoms with Gasteiger partial charge < -0.3 is 10.4 Å². The minimum Gasteiger partial charge on any atom is -0.595 e. The van der Waals surface area contributed by atoms with Crippen molar-refractivity contribution in [3.63, 3.8) is 0 Å². The number of carbonyl (C=O) groups excluding carboxylic acids is 2. The Kier molecular flexibility index (Phi) is 5.55. The number of hydrogen-bond acceptors (Lipinski definition) is 6. The van der Waals surface area contributed by atoms with E-state index in [2.05, 4.69) is 10.9 Å². The summed E-state index contributed by atoms with van der Waals surface area (Å²) in [6, 6.07) is 10.9. The predicted octanol–water partition coefficient (Wildman–Crippen LogP) is -1.43. The highest BCUT2D eigenvalue weighted by Gasteiger charge is 2.19. The van der Waals surface area contributed by atoms with Gasteiger partial charge in [-0.15, -0.1) is 0 Å². The molecule has 2 amide bonds. The Morgan fingerprint density at radius 1 is 0.750 bits per heavy atom. The lowest BCUT2D eigenvalue weighted by molar-refractivity contribution is -0.991. The molecule has 0 heterocycles. The fourth-order valence-electron chi connectivity index (χ4n) is 1.98. The summed E-state index contributed by atoms with van der Waals surface area (Å²) in [5.41, 5.74) is 3.39. The fraction of sp³-hybridized carbons (Fsp3) is 0. The molecule has 0 fully saturated rings. The summed E-state index contributed by atoms with van der Waals surface area (Å²) in [6.45, 7) is 0. The number of amides is 2. The fourth-order valence-corrected chi connectivity index (χ4v) is 1.98. The van der Waals surface area contributed by atoms with E-state index in [-0.39, 0.29) is 22.5 Å². The van der Waals surface area contributed by atoms with Gasteiger partial charge in [0.25, 0.3) is 11.8 Å². The van der Waals surface area contributed by atoms with Crippen LogP contribution in [0.3, 0.4) is 0 Å². The summed E-state index contributed by atoms with van der Waals surface area (Å²) >= 11 is 0. The van der Waals surface area contributed by atoms with E-state index in [1.807, 2.05) is 0 Å². The monoisotopic (exact) mass is 334 g/mol. The highest BCUT2D eigenvalue weighted by Crippen LogP contribution is 2.11. The van der Waals surface area contributed by atoms with Gasteiger partial charge in [-0.1, -0.05) is 24.3 Å². The Hall–Kier alpha value is -2.86. The van der Waals surface area contributed by atoms with Crippen LogP contribution in [-0.2, 0) is 0 Å². The van der Waals surface area contributed by atoms with Gasteiger partial charge in [-0.25, -0.2) is 10.4 Å². The summed E-state index contributed by atoms with van der Waals surface area (Å²) in [5, 5.41) is 37.6. The zero-order valence-electron chi connectivity index (χ0n) is 12.1. The van der Waals surface area contributed by atoms with Crippen LogP contribution in [0.15, 0.2) is 48.5 Å². The lowest BCUT2D eigenvalue weighted by atomic mass is 10.1. The maximum atomic E-state index is 12.0. The molecule has 0 aliphatic heterocycles. The molecule has 24 heavy (non-hydrogen) atoms. The maximum absolute atomic E-state index is 12.0. The van der Waals surface area contributed by atoms with Gasteiger partial charge in [0.05, 0.1) is 0 Å². The van der Waals surface area contributed by atoms with Gasteiger partial charge >= 0.3 is 0 Å². The van der Waals surface area contributed by atoms with E-state index in [9.17, 15) is 20.0 Å². The molecule has 2 atom stereocenters. The molecule has 0 bridgehead atoms. The lowest BCUT2D eigenvalue weighted by Gasteiger charge is -2.16. The molecule has 10 nitrogen and oxygen atoms in total. The first-order valence-electron chi connectivity index (χ1n) is 6.67. The van der Waals surface area contributed by atoms with E-state index in [4.69, 9.17) is 10.4 Å². The van der Waals surface area contributed by atoms with Crippen molar-refractivity contribution in [3.05, 3.63) is 70.1 Å². The van der Waals surface area contributed by atoms with Crippen LogP contribution in [0.2, 0.25) is 0 Å². The molecule has 0 aromatic heterocycles. The summed E-state index contributed by atoms with van der Waals surface area (Å²) < 4.78 is 0. The van der Waals surface area contributed by atoms with Crippen LogP contribution in [0.5, 0.6) is 0 Å². The smallest absolute Gasteiger partial charge is 0.275 e. The van der Waals surface area contributed by atoms with Crippen LogP contribution in [0.25, 0.3) is 0 Å². The minimum atomic E-state index is -1.29. The van der Waals surface area contributed by atoms with Gasteiger partial charge in [-0.05, 0) is 12.1 Å². The predicted molar refractivity (Wildman–Crippen MR) is 79.4 cm³/mol. The van der Waals surface area contributed by atoms with E-state index in [0.29, 0.717) is 0 Å². The first kappa shape index (κ1) is 17.5. The van der Waals surface area contributed by atoms with Crippen LogP contribution in [0.1, 0.15) is 20.7 Å². The van der Waals surface area contributed by atoms with Crippen molar-refractivity contribution in [1.29, 1.82) is 0 Å². The SMILES string of the molecule is O=C(NNC(=O)c1ccccc1[NH+]([O-])O)c1ccccc1[NH+]([O-])O. The number of hydrazine groups is 1. The standard InChI is InChI=1S/C14H14N4O6/c19-13(9-5-1-3-7-11(9)17(21)22)15-16-14(20)10-6-2-4-8-12(10)18(23)24/h1-8,17-18,21,23H,(H,15,19)(H,16,20). The van der Waals surface area contributed by atoms with Gasteiger partial charge in [0.1, 0.15) is 11.1 Å². The third-order valence-electron chi connectivity index (χ3n) is 3.09. The second kappa shape index (κ2) is 7.61. The molecule has 0 aliphatic carbocycles. The number of para-hydroxylation sites is 2. The Morgan fingerprint density at radius 2 is 1.08 bits per heavy atom. The topological polar surface area (TPSA) is 154 Å². The molecular weight excluding hydrogens is 320 g/mol. The molecular formula is C14H14N4O6. The zero-order valence-corrected chi connectivity index (χ0v) is 12.1. The van der Waals surface area contributed by atoms with Gasteiger partial charge in [-0.3, -0.25) is 20.4 Å². The molecule has 2 aromatic carbocycles. The third-order valence-corrected chi connectivity index (χ3v) is 3.09. The van der Waals surface area contributed by atoms with Crippen LogP contribution < -0.4 is 21.3 Å². The number of carbonyl (C=O) groups is 2. The largest absolute Gasteiger partial charge is 0.595 e. The highest BCUT2D eigenvalue weighted by atomic mass is 16.8. The van der Waals surface area contributed by atoms with E-state index in [1.165, 1.54) is 48.5 Å². The molecule has 6 N–H and O–H groups in total. The van der Waals surface area contributed by atoms with Gasteiger partial charge in [0, 0.05) is 12.1 Å². The highest BCUT2D eigenvalue weighted by molar-refractivity contribution is 6.02. The Morgan fingerprint density at radius 3 is 1.42 bits per heavy atom. The van der Waals surface area contributed by atoms with Crippen molar-refractivity contribution in [2.24, 2.45) is 0 Å². The second-order valence-electron chi connectivity index (χ2n) is 4.61. The number of benzene rings is 2. The van der Waals surface area contributed by atoms with E-state index in [0.717, 1.165) is 0 Å². The first-order valence-corrected chi connectivity index (χ1v) is 6.67. The van der Waals surface area contributed by atoms with Gasteiger partial charge in [0.15, 0.2) is 11.4 Å². The van der Waals surface area contributed by atoms with Crippen molar-refractivity contribution >= 4 is 23.2 Å². The minimum absolute atomic E-state index is 0.142. The zero-order chi connectivity index (χ0) is 17.7. The number of rotatable bonds is 4. The van der Waals surface area contributed by atoms with Crippen molar-refractivity contribution in [3.8, 4) is 0 Å². The van der Waals surface area contributed by atoms with Crippen molar-refractivity contribution in [2.75, 3.05) is 0 Å². The molecule has 0 spiro atoms. The molecule has 126 valence electrons. The molecule has 2 unspecified atom stereocenters. The lowest BCUT2D eigenvalue weighted by Crippen LogP contribution is -2.99. The van der Waals surface area contributed by atoms with Gasteiger partial charge in [0.2, 0.25) is 0 Å². The summed E-state index contributed by atoms with van der Waals surface area (Å²) in [4.78, 5) is 24.0. The molecule has 0 saturated heterocycles. The van der Waals surface area contributed by atoms with E-state index >= 15 is 0 Å². The number of hydrogen-bond donors (Lipinski definition) is 6. The number of nitrogens with one attached hydrogen (secondary N) is 4. The summed E-state index contributed by atoms with van der Waals surface area (Å²) in [5.74, 6) is -1.68. The average Bonchev–Trinajstić information content (AvgIpc) is 2.59. The van der Waals surface area contributed by atoms with Crippen LogP contribution in [0, 0.1) is 10.4 Å². The second-order valence-corrected chi connectivity index (χ2v) is 4.61. The first-order chi connectivity index (χ1) is 11.4. The molecule has 2 rings (SSSR count). The molecule has 10 heteroatoms. The normalized spacial score (nSPS) is 13.0. The van der Waals surface area contributed by atoms with Crippen LogP contribution >= 0.6 is 0 Å². The average molecular weight is 334 g/mol. The van der Waals surface area contributed by atoms with Crippen molar-refractivity contribution in [2.45, 2.75) is 0 Å².